The fraction of sp³-hybridized carbons (Fsp3) is 0.571. The highest BCUT2D eigenvalue weighted by atomic mass is 16.5. The molecule has 2 aliphatic rings. The van der Waals surface area contributed by atoms with E-state index >= 15 is 0 Å². The van der Waals surface area contributed by atoms with E-state index in [2.05, 4.69) is 33.1 Å². The molecule has 1 aliphatic heterocycles. The molecule has 37 heavy (non-hydrogen) atoms. The summed E-state index contributed by atoms with van der Waals surface area (Å²) >= 11 is 0. The first-order valence-electron chi connectivity index (χ1n) is 13.3. The Morgan fingerprint density at radius 1 is 1.22 bits per heavy atom. The molecule has 3 heterocycles. The van der Waals surface area contributed by atoms with Crippen molar-refractivity contribution in [3.63, 3.8) is 0 Å². The van der Waals surface area contributed by atoms with Gasteiger partial charge in [0.25, 0.3) is 0 Å². The van der Waals surface area contributed by atoms with Crippen molar-refractivity contribution in [1.82, 2.24) is 15.3 Å². The van der Waals surface area contributed by atoms with Crippen molar-refractivity contribution in [2.45, 2.75) is 76.9 Å². The van der Waals surface area contributed by atoms with Crippen LogP contribution in [-0.4, -0.2) is 58.9 Å². The molecular formula is C28H38N6O3. The number of nitriles is 1. The minimum atomic E-state index is -0.766. The number of carbonyl (C=O) groups is 1. The Bertz CT molecular complexity index is 1100. The van der Waals surface area contributed by atoms with E-state index in [4.69, 9.17) is 14.8 Å². The van der Waals surface area contributed by atoms with E-state index in [9.17, 15) is 10.1 Å². The SMILES string of the molecule is Cc1cnc(NC2CCC(N[C@H](C)CC(=O)O)CC2)cc1-c1cccc(NCC2(C#N)CCOCC2)n1. The lowest BCUT2D eigenvalue weighted by Gasteiger charge is -2.31. The van der Waals surface area contributed by atoms with Crippen LogP contribution in [0.3, 0.4) is 0 Å². The van der Waals surface area contributed by atoms with Crippen molar-refractivity contribution in [3.05, 3.63) is 36.0 Å². The minimum absolute atomic E-state index is 0.0202. The lowest BCUT2D eigenvalue weighted by Crippen LogP contribution is -2.42. The maximum Gasteiger partial charge on any atom is 0.304 e. The van der Waals surface area contributed by atoms with Crippen LogP contribution in [0.15, 0.2) is 30.5 Å². The molecule has 0 bridgehead atoms. The minimum Gasteiger partial charge on any atom is -0.481 e. The molecule has 4 rings (SSSR count). The summed E-state index contributed by atoms with van der Waals surface area (Å²) in [4.78, 5) is 20.4. The largest absolute Gasteiger partial charge is 0.481 e. The molecule has 1 saturated carbocycles. The zero-order valence-electron chi connectivity index (χ0n) is 21.8. The highest BCUT2D eigenvalue weighted by Crippen LogP contribution is 2.31. The number of aryl methyl sites for hydroxylation is 1. The van der Waals surface area contributed by atoms with Crippen LogP contribution < -0.4 is 16.0 Å². The van der Waals surface area contributed by atoms with Crippen molar-refractivity contribution in [1.29, 1.82) is 5.26 Å². The number of hydrogen-bond acceptors (Lipinski definition) is 8. The van der Waals surface area contributed by atoms with Gasteiger partial charge >= 0.3 is 5.97 Å². The zero-order chi connectivity index (χ0) is 26.3. The Morgan fingerprint density at radius 2 is 1.95 bits per heavy atom. The standard InChI is InChI=1S/C28H38N6O3/c1-19-16-30-26(33-22-8-6-21(7-9-22)32-20(2)14-27(35)36)15-23(19)24-4-3-5-25(34-24)31-18-28(17-29)10-12-37-13-11-28/h3-5,15-16,20-22,32H,6-14,18H2,1-2H3,(H,30,33)(H,31,34)(H,35,36)/t20-,21?,22?/m1/s1. The summed E-state index contributed by atoms with van der Waals surface area (Å²) < 4.78 is 5.44. The van der Waals surface area contributed by atoms with Crippen LogP contribution >= 0.6 is 0 Å². The summed E-state index contributed by atoms with van der Waals surface area (Å²) in [6.45, 7) is 5.77. The van der Waals surface area contributed by atoms with E-state index in [0.717, 1.165) is 67.0 Å². The summed E-state index contributed by atoms with van der Waals surface area (Å²) in [6, 6.07) is 11.2. The number of carboxylic acids is 1. The Balaban J connectivity index is 1.36. The van der Waals surface area contributed by atoms with E-state index in [1.807, 2.05) is 38.2 Å². The third kappa shape index (κ3) is 7.40. The number of aromatic nitrogens is 2. The van der Waals surface area contributed by atoms with Gasteiger partial charge in [0.15, 0.2) is 0 Å². The zero-order valence-corrected chi connectivity index (χ0v) is 21.8. The second kappa shape index (κ2) is 12.3. The van der Waals surface area contributed by atoms with Gasteiger partial charge in [-0.05, 0) is 76.1 Å². The van der Waals surface area contributed by atoms with Gasteiger partial charge in [0.1, 0.15) is 11.6 Å². The molecule has 0 amide bonds. The van der Waals surface area contributed by atoms with E-state index in [1.165, 1.54) is 0 Å². The van der Waals surface area contributed by atoms with Gasteiger partial charge in [-0.25, -0.2) is 9.97 Å². The van der Waals surface area contributed by atoms with Crippen molar-refractivity contribution in [2.24, 2.45) is 5.41 Å². The topological polar surface area (TPSA) is 132 Å². The van der Waals surface area contributed by atoms with Crippen molar-refractivity contribution >= 4 is 17.6 Å². The molecule has 0 spiro atoms. The fourth-order valence-electron chi connectivity index (χ4n) is 5.25. The number of nitrogens with one attached hydrogen (secondary N) is 3. The molecule has 9 heteroatoms. The third-order valence-electron chi connectivity index (χ3n) is 7.50. The molecule has 1 saturated heterocycles. The van der Waals surface area contributed by atoms with Crippen LogP contribution in [-0.2, 0) is 9.53 Å². The van der Waals surface area contributed by atoms with Crippen molar-refractivity contribution < 1.29 is 14.6 Å². The average molecular weight is 507 g/mol. The maximum atomic E-state index is 10.9. The molecular weight excluding hydrogens is 468 g/mol. The number of anilines is 2. The highest BCUT2D eigenvalue weighted by Gasteiger charge is 2.32. The molecule has 2 aromatic rings. The van der Waals surface area contributed by atoms with E-state index in [0.29, 0.717) is 31.8 Å². The number of aliphatic carboxylic acids is 1. The number of pyridine rings is 2. The van der Waals surface area contributed by atoms with Crippen molar-refractivity contribution in [3.8, 4) is 17.3 Å². The lowest BCUT2D eigenvalue weighted by molar-refractivity contribution is -0.137. The molecule has 0 aromatic carbocycles. The van der Waals surface area contributed by atoms with Gasteiger partial charge in [-0.15, -0.1) is 0 Å². The second-order valence-corrected chi connectivity index (χ2v) is 10.5. The number of rotatable bonds is 10. The predicted octanol–water partition coefficient (Wildman–Crippen LogP) is 4.36. The number of hydrogen-bond donors (Lipinski definition) is 4. The summed E-state index contributed by atoms with van der Waals surface area (Å²) in [6.07, 6.45) is 7.51. The van der Waals surface area contributed by atoms with E-state index < -0.39 is 11.4 Å². The highest BCUT2D eigenvalue weighted by molar-refractivity contribution is 5.68. The molecule has 0 unspecified atom stereocenters. The molecule has 198 valence electrons. The molecule has 9 nitrogen and oxygen atoms in total. The monoisotopic (exact) mass is 506 g/mol. The van der Waals surface area contributed by atoms with Crippen LogP contribution in [0.4, 0.5) is 11.6 Å². The molecule has 1 aliphatic carbocycles. The van der Waals surface area contributed by atoms with Gasteiger partial charge in [0.2, 0.25) is 0 Å². The first-order chi connectivity index (χ1) is 17.9. The summed E-state index contributed by atoms with van der Waals surface area (Å²) in [5.74, 6) is 0.826. The first-order valence-corrected chi connectivity index (χ1v) is 13.3. The van der Waals surface area contributed by atoms with Gasteiger partial charge in [0.05, 0.1) is 23.6 Å². The Labute approximate surface area is 219 Å². The van der Waals surface area contributed by atoms with Crippen LogP contribution in [0.1, 0.15) is 57.4 Å². The lowest BCUT2D eigenvalue weighted by atomic mass is 9.82. The number of carboxylic acid groups (broad SMARTS) is 1. The predicted molar refractivity (Wildman–Crippen MR) is 143 cm³/mol. The van der Waals surface area contributed by atoms with E-state index in [1.54, 1.807) is 0 Å². The van der Waals surface area contributed by atoms with Gasteiger partial charge in [0, 0.05) is 49.6 Å². The molecule has 2 aromatic heterocycles. The third-order valence-corrected chi connectivity index (χ3v) is 7.50. The smallest absolute Gasteiger partial charge is 0.304 e. The molecule has 4 N–H and O–H groups in total. The Kier molecular flexibility index (Phi) is 8.95. The molecule has 0 radical (unpaired) electrons. The number of ether oxygens (including phenoxy) is 1. The normalized spacial score (nSPS) is 22.0. The second-order valence-electron chi connectivity index (χ2n) is 10.5. The van der Waals surface area contributed by atoms with Crippen LogP contribution in [0, 0.1) is 23.7 Å². The fourth-order valence-corrected chi connectivity index (χ4v) is 5.25. The van der Waals surface area contributed by atoms with Gasteiger partial charge < -0.3 is 25.8 Å². The first kappa shape index (κ1) is 26.8. The Hall–Kier alpha value is -3.22. The average Bonchev–Trinajstić information content (AvgIpc) is 2.90. The summed E-state index contributed by atoms with van der Waals surface area (Å²) in [7, 11) is 0. The quantitative estimate of drug-likeness (QED) is 0.371. The van der Waals surface area contributed by atoms with Crippen LogP contribution in [0.25, 0.3) is 11.3 Å². The van der Waals surface area contributed by atoms with E-state index in [-0.39, 0.29) is 12.5 Å². The van der Waals surface area contributed by atoms with Crippen molar-refractivity contribution in [2.75, 3.05) is 30.4 Å². The Morgan fingerprint density at radius 3 is 2.65 bits per heavy atom. The van der Waals surface area contributed by atoms with Gasteiger partial charge in [-0.1, -0.05) is 6.07 Å². The van der Waals surface area contributed by atoms with Crippen LogP contribution in [0.2, 0.25) is 0 Å². The summed E-state index contributed by atoms with van der Waals surface area (Å²) in [5.41, 5.74) is 2.53. The van der Waals surface area contributed by atoms with Gasteiger partial charge in [-0.2, -0.15) is 5.26 Å². The number of nitrogens with zero attached hydrogens (tertiary/aromatic N) is 3. The van der Waals surface area contributed by atoms with Crippen LogP contribution in [0.5, 0.6) is 0 Å². The summed E-state index contributed by atoms with van der Waals surface area (Å²) in [5, 5.41) is 29.1. The molecule has 2 fully saturated rings. The molecule has 1 atom stereocenters. The maximum absolute atomic E-state index is 10.9. The van der Waals surface area contributed by atoms with Gasteiger partial charge in [-0.3, -0.25) is 4.79 Å².